The largest absolute Gasteiger partial charge is 0.340 e. The molecular weight excluding hydrogens is 294 g/mol. The number of aromatic nitrogens is 2. The first-order valence-corrected chi connectivity index (χ1v) is 6.87. The number of halogens is 1. The predicted molar refractivity (Wildman–Crippen MR) is 73.2 cm³/mol. The van der Waals surface area contributed by atoms with Gasteiger partial charge in [-0.05, 0) is 31.0 Å². The molecule has 0 radical (unpaired) electrons. The molecule has 0 aliphatic carbocycles. The standard InChI is InChI=1S/C13H14BrN3O/c1-8(18)17-6-2-3-12(17)13-15-10-5-4-9(14)7-11(10)16-13/h4-5,7,12H,2-3,6H2,1H3,(H,15,16). The average Bonchev–Trinajstić information content (AvgIpc) is 2.93. The number of likely N-dealkylation sites (tertiary alicyclic amines) is 1. The first kappa shape index (κ1) is 11.7. The van der Waals surface area contributed by atoms with Crippen LogP contribution in [0.15, 0.2) is 22.7 Å². The summed E-state index contributed by atoms with van der Waals surface area (Å²) in [4.78, 5) is 21.4. The fourth-order valence-electron chi connectivity index (χ4n) is 2.59. The van der Waals surface area contributed by atoms with Gasteiger partial charge in [0.2, 0.25) is 5.91 Å². The molecule has 1 aliphatic rings. The Hall–Kier alpha value is -1.36. The van der Waals surface area contributed by atoms with Gasteiger partial charge >= 0.3 is 0 Å². The van der Waals surface area contributed by atoms with Gasteiger partial charge in [-0.3, -0.25) is 4.79 Å². The number of hydrogen-bond donors (Lipinski definition) is 1. The van der Waals surface area contributed by atoms with Crippen LogP contribution in [0.25, 0.3) is 11.0 Å². The molecule has 1 amide bonds. The summed E-state index contributed by atoms with van der Waals surface area (Å²) in [5, 5.41) is 0. The summed E-state index contributed by atoms with van der Waals surface area (Å²) in [5.74, 6) is 1.02. The number of rotatable bonds is 1. The first-order valence-electron chi connectivity index (χ1n) is 6.07. The van der Waals surface area contributed by atoms with E-state index >= 15 is 0 Å². The Bertz CT molecular complexity index is 607. The van der Waals surface area contributed by atoms with Gasteiger partial charge in [0.25, 0.3) is 0 Å². The van der Waals surface area contributed by atoms with E-state index in [0.29, 0.717) is 0 Å². The molecule has 0 bridgehead atoms. The lowest BCUT2D eigenvalue weighted by atomic mass is 10.2. The highest BCUT2D eigenvalue weighted by Gasteiger charge is 2.30. The van der Waals surface area contributed by atoms with E-state index in [2.05, 4.69) is 25.9 Å². The van der Waals surface area contributed by atoms with Gasteiger partial charge in [0.15, 0.2) is 0 Å². The molecule has 1 unspecified atom stereocenters. The molecule has 1 aliphatic heterocycles. The molecule has 2 aromatic rings. The van der Waals surface area contributed by atoms with E-state index in [1.165, 1.54) is 0 Å². The summed E-state index contributed by atoms with van der Waals surface area (Å²) >= 11 is 3.45. The minimum atomic E-state index is 0.105. The van der Waals surface area contributed by atoms with Crippen LogP contribution in [0.4, 0.5) is 0 Å². The van der Waals surface area contributed by atoms with E-state index in [-0.39, 0.29) is 11.9 Å². The van der Waals surface area contributed by atoms with E-state index < -0.39 is 0 Å². The summed E-state index contributed by atoms with van der Waals surface area (Å²) in [5.41, 5.74) is 1.96. The second-order valence-corrected chi connectivity index (χ2v) is 5.57. The highest BCUT2D eigenvalue weighted by atomic mass is 79.9. The van der Waals surface area contributed by atoms with Crippen molar-refractivity contribution in [2.75, 3.05) is 6.54 Å². The van der Waals surface area contributed by atoms with Crippen molar-refractivity contribution in [1.29, 1.82) is 0 Å². The maximum Gasteiger partial charge on any atom is 0.220 e. The van der Waals surface area contributed by atoms with Crippen LogP contribution in [-0.4, -0.2) is 27.3 Å². The number of H-pyrrole nitrogens is 1. The number of aromatic amines is 1. The number of benzene rings is 1. The van der Waals surface area contributed by atoms with Gasteiger partial charge in [0.1, 0.15) is 5.82 Å². The zero-order valence-electron chi connectivity index (χ0n) is 10.1. The fraction of sp³-hybridized carbons (Fsp3) is 0.385. The molecule has 1 saturated heterocycles. The van der Waals surface area contributed by atoms with Crippen LogP contribution in [0.3, 0.4) is 0 Å². The van der Waals surface area contributed by atoms with Crippen molar-refractivity contribution in [1.82, 2.24) is 14.9 Å². The van der Waals surface area contributed by atoms with Crippen molar-refractivity contribution in [2.24, 2.45) is 0 Å². The summed E-state index contributed by atoms with van der Waals surface area (Å²) in [6, 6.07) is 6.07. The van der Waals surface area contributed by atoms with E-state index in [1.54, 1.807) is 6.92 Å². The van der Waals surface area contributed by atoms with Crippen molar-refractivity contribution in [3.8, 4) is 0 Å². The summed E-state index contributed by atoms with van der Waals surface area (Å²) < 4.78 is 1.03. The van der Waals surface area contributed by atoms with E-state index in [1.807, 2.05) is 23.1 Å². The first-order chi connectivity index (χ1) is 8.65. The minimum absolute atomic E-state index is 0.105. The van der Waals surface area contributed by atoms with Gasteiger partial charge in [-0.25, -0.2) is 4.98 Å². The lowest BCUT2D eigenvalue weighted by Gasteiger charge is -2.21. The normalized spacial score (nSPS) is 19.7. The molecule has 94 valence electrons. The molecule has 3 rings (SSSR count). The number of nitrogens with zero attached hydrogens (tertiary/aromatic N) is 2. The van der Waals surface area contributed by atoms with Gasteiger partial charge in [-0.1, -0.05) is 15.9 Å². The third-order valence-corrected chi connectivity index (χ3v) is 3.93. The molecule has 0 saturated carbocycles. The number of amides is 1. The van der Waals surface area contributed by atoms with Crippen molar-refractivity contribution in [2.45, 2.75) is 25.8 Å². The third kappa shape index (κ3) is 1.92. The number of imidazole rings is 1. The molecule has 1 aromatic carbocycles. The maximum absolute atomic E-state index is 11.6. The summed E-state index contributed by atoms with van der Waals surface area (Å²) in [6.45, 7) is 2.46. The molecular formula is C13H14BrN3O. The van der Waals surface area contributed by atoms with Crippen molar-refractivity contribution >= 4 is 32.9 Å². The molecule has 5 heteroatoms. The Balaban J connectivity index is 2.01. The van der Waals surface area contributed by atoms with Gasteiger partial charge in [0, 0.05) is 17.9 Å². The number of hydrogen-bond acceptors (Lipinski definition) is 2. The Labute approximate surface area is 114 Å². The van der Waals surface area contributed by atoms with Crippen molar-refractivity contribution < 1.29 is 4.79 Å². The van der Waals surface area contributed by atoms with Crippen LogP contribution in [0.2, 0.25) is 0 Å². The smallest absolute Gasteiger partial charge is 0.220 e. The summed E-state index contributed by atoms with van der Waals surface area (Å²) in [7, 11) is 0. The third-order valence-electron chi connectivity index (χ3n) is 3.44. The SMILES string of the molecule is CC(=O)N1CCCC1c1nc2ccc(Br)cc2[nH]1. The van der Waals surface area contributed by atoms with Crippen LogP contribution >= 0.6 is 15.9 Å². The molecule has 1 fully saturated rings. The number of carbonyl (C=O) groups is 1. The molecule has 4 nitrogen and oxygen atoms in total. The Morgan fingerprint density at radius 3 is 3.17 bits per heavy atom. The Morgan fingerprint density at radius 1 is 1.56 bits per heavy atom. The second-order valence-electron chi connectivity index (χ2n) is 4.65. The van der Waals surface area contributed by atoms with Crippen LogP contribution in [0, 0.1) is 0 Å². The van der Waals surface area contributed by atoms with Gasteiger partial charge in [-0.2, -0.15) is 0 Å². The maximum atomic E-state index is 11.6. The minimum Gasteiger partial charge on any atom is -0.340 e. The highest BCUT2D eigenvalue weighted by molar-refractivity contribution is 9.10. The van der Waals surface area contributed by atoms with E-state index in [0.717, 1.165) is 40.7 Å². The van der Waals surface area contributed by atoms with Crippen molar-refractivity contribution in [3.63, 3.8) is 0 Å². The molecule has 1 atom stereocenters. The Kier molecular flexibility index (Phi) is 2.86. The predicted octanol–water partition coefficient (Wildman–Crippen LogP) is 3.01. The monoisotopic (exact) mass is 307 g/mol. The van der Waals surface area contributed by atoms with Crippen LogP contribution in [0.5, 0.6) is 0 Å². The van der Waals surface area contributed by atoms with Crippen molar-refractivity contribution in [3.05, 3.63) is 28.5 Å². The quantitative estimate of drug-likeness (QED) is 0.880. The molecule has 18 heavy (non-hydrogen) atoms. The van der Waals surface area contributed by atoms with E-state index in [9.17, 15) is 4.79 Å². The fourth-order valence-corrected chi connectivity index (χ4v) is 2.95. The highest BCUT2D eigenvalue weighted by Crippen LogP contribution is 2.31. The lowest BCUT2D eigenvalue weighted by molar-refractivity contribution is -0.129. The molecule has 1 N–H and O–H groups in total. The number of fused-ring (bicyclic) bond motifs is 1. The van der Waals surface area contributed by atoms with E-state index in [4.69, 9.17) is 0 Å². The zero-order valence-corrected chi connectivity index (χ0v) is 11.7. The summed E-state index contributed by atoms with van der Waals surface area (Å²) in [6.07, 6.45) is 2.03. The van der Waals surface area contributed by atoms with Crippen LogP contribution in [0.1, 0.15) is 31.6 Å². The number of carbonyl (C=O) groups excluding carboxylic acids is 1. The molecule has 1 aromatic heterocycles. The zero-order chi connectivity index (χ0) is 12.7. The number of nitrogens with one attached hydrogen (secondary N) is 1. The van der Waals surface area contributed by atoms with Crippen LogP contribution < -0.4 is 0 Å². The lowest BCUT2D eigenvalue weighted by Crippen LogP contribution is -2.28. The molecule has 2 heterocycles. The van der Waals surface area contributed by atoms with Gasteiger partial charge < -0.3 is 9.88 Å². The average molecular weight is 308 g/mol. The topological polar surface area (TPSA) is 49.0 Å². The second kappa shape index (κ2) is 4.39. The van der Waals surface area contributed by atoms with Gasteiger partial charge in [-0.15, -0.1) is 0 Å². The van der Waals surface area contributed by atoms with Crippen LogP contribution in [-0.2, 0) is 4.79 Å². The Morgan fingerprint density at radius 2 is 2.39 bits per heavy atom. The van der Waals surface area contributed by atoms with Gasteiger partial charge in [0.05, 0.1) is 17.1 Å². The molecule has 0 spiro atoms.